The monoisotopic (exact) mass is 236 g/mol. The largest absolute Gasteiger partial charge is 0.298 e. The average molecular weight is 236 g/mol. The third kappa shape index (κ3) is 3.67. The van der Waals surface area contributed by atoms with Gasteiger partial charge in [-0.2, -0.15) is 11.8 Å². The molecule has 0 heterocycles. The maximum absolute atomic E-state index is 11.7. The zero-order chi connectivity index (χ0) is 12.1. The molecule has 0 aliphatic rings. The average Bonchev–Trinajstić information content (AvgIpc) is 2.20. The van der Waals surface area contributed by atoms with Gasteiger partial charge in [0.05, 0.1) is 5.75 Å². The summed E-state index contributed by atoms with van der Waals surface area (Å²) in [6, 6.07) is 4.31. The molecule has 0 bridgehead atoms. The van der Waals surface area contributed by atoms with E-state index in [1.54, 1.807) is 11.8 Å². The molecule has 0 aliphatic carbocycles. The van der Waals surface area contributed by atoms with Crippen molar-refractivity contribution in [2.75, 3.05) is 11.5 Å². The van der Waals surface area contributed by atoms with Crippen molar-refractivity contribution >= 4 is 17.5 Å². The molecule has 0 amide bonds. The van der Waals surface area contributed by atoms with Crippen LogP contribution in [0.2, 0.25) is 0 Å². The van der Waals surface area contributed by atoms with E-state index in [-0.39, 0.29) is 0 Å². The highest BCUT2D eigenvalue weighted by Gasteiger charge is 2.09. The van der Waals surface area contributed by atoms with Gasteiger partial charge in [-0.25, -0.2) is 0 Å². The maximum Gasteiger partial charge on any atom is 0.147 e. The molecule has 16 heavy (non-hydrogen) atoms. The van der Waals surface area contributed by atoms with E-state index in [9.17, 15) is 4.79 Å². The Kier molecular flexibility index (Phi) is 5.07. The summed E-state index contributed by atoms with van der Waals surface area (Å²) in [4.78, 5) is 11.7. The van der Waals surface area contributed by atoms with E-state index in [1.165, 1.54) is 22.3 Å². The minimum atomic E-state index is 0.335. The number of ketones is 1. The van der Waals surface area contributed by atoms with Gasteiger partial charge in [0.2, 0.25) is 0 Å². The summed E-state index contributed by atoms with van der Waals surface area (Å²) in [6.07, 6.45) is 0.588. The molecular formula is C14H20OS. The van der Waals surface area contributed by atoms with Gasteiger partial charge in [0.1, 0.15) is 5.78 Å². The minimum absolute atomic E-state index is 0.335. The van der Waals surface area contributed by atoms with Crippen LogP contribution in [0.4, 0.5) is 0 Å². The fourth-order valence-corrected chi connectivity index (χ4v) is 2.49. The molecule has 0 N–H and O–H groups in total. The van der Waals surface area contributed by atoms with Crippen molar-refractivity contribution in [2.45, 2.75) is 34.1 Å². The molecule has 1 rings (SSSR count). The summed E-state index contributed by atoms with van der Waals surface area (Å²) in [7, 11) is 0. The second kappa shape index (κ2) is 6.09. The van der Waals surface area contributed by atoms with E-state index in [0.29, 0.717) is 18.0 Å². The van der Waals surface area contributed by atoms with E-state index < -0.39 is 0 Å². The van der Waals surface area contributed by atoms with Gasteiger partial charge < -0.3 is 0 Å². The van der Waals surface area contributed by atoms with Crippen LogP contribution in [0.1, 0.15) is 29.2 Å². The van der Waals surface area contributed by atoms with Gasteiger partial charge in [-0.15, -0.1) is 0 Å². The highest BCUT2D eigenvalue weighted by atomic mass is 32.2. The smallest absolute Gasteiger partial charge is 0.147 e. The number of thioether (sulfide) groups is 1. The molecular weight excluding hydrogens is 216 g/mol. The zero-order valence-electron chi connectivity index (χ0n) is 10.6. The Morgan fingerprint density at radius 1 is 1.19 bits per heavy atom. The van der Waals surface area contributed by atoms with Crippen LogP contribution in [0.3, 0.4) is 0 Å². The second-order valence-electron chi connectivity index (χ2n) is 4.23. The third-order valence-electron chi connectivity index (χ3n) is 2.68. The first-order valence-electron chi connectivity index (χ1n) is 5.70. The number of carbonyl (C=O) groups is 1. The number of benzene rings is 1. The first kappa shape index (κ1) is 13.3. The van der Waals surface area contributed by atoms with Crippen LogP contribution >= 0.6 is 11.8 Å². The molecule has 0 unspecified atom stereocenters. The van der Waals surface area contributed by atoms with E-state index >= 15 is 0 Å². The minimum Gasteiger partial charge on any atom is -0.298 e. The molecule has 0 aliphatic heterocycles. The number of Topliss-reactive ketones (excluding diaryl/α,β-unsaturated/α-hetero) is 1. The van der Waals surface area contributed by atoms with E-state index in [0.717, 1.165) is 5.75 Å². The lowest BCUT2D eigenvalue weighted by molar-refractivity contribution is -0.116. The van der Waals surface area contributed by atoms with Crippen LogP contribution in [-0.2, 0) is 11.2 Å². The van der Waals surface area contributed by atoms with Crippen LogP contribution in [0, 0.1) is 20.8 Å². The molecule has 0 saturated heterocycles. The molecule has 1 aromatic rings. The van der Waals surface area contributed by atoms with Gasteiger partial charge in [-0.3, -0.25) is 4.79 Å². The lowest BCUT2D eigenvalue weighted by Gasteiger charge is -2.10. The number of aryl methyl sites for hydroxylation is 3. The summed E-state index contributed by atoms with van der Waals surface area (Å²) in [5, 5.41) is 0. The quantitative estimate of drug-likeness (QED) is 0.778. The summed E-state index contributed by atoms with van der Waals surface area (Å²) in [6.45, 7) is 8.37. The SMILES string of the molecule is CCSCC(=O)Cc1c(C)cc(C)cc1C. The molecule has 0 atom stereocenters. The van der Waals surface area contributed by atoms with Crippen molar-refractivity contribution in [3.05, 3.63) is 34.4 Å². The molecule has 88 valence electrons. The predicted octanol–water partition coefficient (Wildman–Crippen LogP) is 3.48. The molecule has 0 fully saturated rings. The second-order valence-corrected chi connectivity index (χ2v) is 5.50. The molecule has 1 nitrogen and oxygen atoms in total. The topological polar surface area (TPSA) is 17.1 Å². The molecule has 1 aromatic carbocycles. The lowest BCUT2D eigenvalue weighted by atomic mass is 9.96. The van der Waals surface area contributed by atoms with E-state index in [1.807, 2.05) is 0 Å². The molecule has 0 spiro atoms. The summed E-state index contributed by atoms with van der Waals surface area (Å²) < 4.78 is 0. The highest BCUT2D eigenvalue weighted by Crippen LogP contribution is 2.17. The van der Waals surface area contributed by atoms with Crippen molar-refractivity contribution in [1.82, 2.24) is 0 Å². The summed E-state index contributed by atoms with van der Waals surface area (Å²) in [5.41, 5.74) is 4.97. The van der Waals surface area contributed by atoms with Gasteiger partial charge in [0, 0.05) is 6.42 Å². The Morgan fingerprint density at radius 3 is 2.25 bits per heavy atom. The Labute approximate surface area is 103 Å². The maximum atomic E-state index is 11.7. The van der Waals surface area contributed by atoms with Crippen molar-refractivity contribution < 1.29 is 4.79 Å². The number of hydrogen-bond acceptors (Lipinski definition) is 2. The van der Waals surface area contributed by atoms with Gasteiger partial charge in [-0.1, -0.05) is 24.6 Å². The molecule has 2 heteroatoms. The standard InChI is InChI=1S/C14H20OS/c1-5-16-9-13(15)8-14-11(3)6-10(2)7-12(14)4/h6-7H,5,8-9H2,1-4H3. The van der Waals surface area contributed by atoms with Gasteiger partial charge in [0.25, 0.3) is 0 Å². The predicted molar refractivity (Wildman–Crippen MR) is 72.4 cm³/mol. The Bertz CT molecular complexity index is 359. The highest BCUT2D eigenvalue weighted by molar-refractivity contribution is 7.99. The molecule has 0 aromatic heterocycles. The van der Waals surface area contributed by atoms with Gasteiger partial charge in [-0.05, 0) is 43.2 Å². The summed E-state index contributed by atoms with van der Waals surface area (Å²) >= 11 is 1.70. The van der Waals surface area contributed by atoms with E-state index in [2.05, 4.69) is 39.8 Å². The van der Waals surface area contributed by atoms with Gasteiger partial charge in [0.15, 0.2) is 0 Å². The third-order valence-corrected chi connectivity index (χ3v) is 3.62. The first-order valence-corrected chi connectivity index (χ1v) is 6.86. The van der Waals surface area contributed by atoms with E-state index in [4.69, 9.17) is 0 Å². The van der Waals surface area contributed by atoms with Crippen LogP contribution in [-0.4, -0.2) is 17.3 Å². The summed E-state index contributed by atoms with van der Waals surface area (Å²) in [5.74, 6) is 1.99. The number of rotatable bonds is 5. The van der Waals surface area contributed by atoms with Gasteiger partial charge >= 0.3 is 0 Å². The Balaban J connectivity index is 2.77. The lowest BCUT2D eigenvalue weighted by Crippen LogP contribution is -2.08. The molecule has 0 radical (unpaired) electrons. The Hall–Kier alpha value is -0.760. The zero-order valence-corrected chi connectivity index (χ0v) is 11.4. The normalized spacial score (nSPS) is 10.5. The van der Waals surface area contributed by atoms with Crippen molar-refractivity contribution in [2.24, 2.45) is 0 Å². The Morgan fingerprint density at radius 2 is 1.75 bits per heavy atom. The van der Waals surface area contributed by atoms with Crippen LogP contribution in [0.25, 0.3) is 0 Å². The van der Waals surface area contributed by atoms with Crippen LogP contribution in [0.15, 0.2) is 12.1 Å². The fourth-order valence-electron chi connectivity index (χ4n) is 1.95. The van der Waals surface area contributed by atoms with Crippen LogP contribution < -0.4 is 0 Å². The van der Waals surface area contributed by atoms with Crippen molar-refractivity contribution in [3.8, 4) is 0 Å². The molecule has 0 saturated carbocycles. The van der Waals surface area contributed by atoms with Crippen LogP contribution in [0.5, 0.6) is 0 Å². The first-order chi connectivity index (χ1) is 7.54. The number of carbonyl (C=O) groups excluding carboxylic acids is 1. The fraction of sp³-hybridized carbons (Fsp3) is 0.500. The van der Waals surface area contributed by atoms with Crippen molar-refractivity contribution in [1.29, 1.82) is 0 Å². The number of hydrogen-bond donors (Lipinski definition) is 0. The van der Waals surface area contributed by atoms with Crippen molar-refractivity contribution in [3.63, 3.8) is 0 Å².